The van der Waals surface area contributed by atoms with E-state index in [9.17, 15) is 4.79 Å². The molecule has 0 saturated heterocycles. The third-order valence-electron chi connectivity index (χ3n) is 3.51. The Bertz CT molecular complexity index is 889. The molecular weight excluding hydrogens is 345 g/mol. The van der Waals surface area contributed by atoms with Gasteiger partial charge in [0.05, 0.1) is 22.2 Å². The summed E-state index contributed by atoms with van der Waals surface area (Å²) in [6.45, 7) is 2.68. The van der Waals surface area contributed by atoms with E-state index in [0.29, 0.717) is 22.9 Å². The molecule has 1 N–H and O–H groups in total. The molecule has 2 aromatic carbocycles. The van der Waals surface area contributed by atoms with Crippen molar-refractivity contribution in [2.45, 2.75) is 13.5 Å². The van der Waals surface area contributed by atoms with Crippen LogP contribution < -0.4 is 5.32 Å². The summed E-state index contributed by atoms with van der Waals surface area (Å²) in [4.78, 5) is 12.3. The number of hydrogen-bond donors (Lipinski definition) is 1. The highest BCUT2D eigenvalue weighted by molar-refractivity contribution is 6.44. The molecule has 3 aromatic rings. The molecule has 122 valence electrons. The Morgan fingerprint density at radius 3 is 2.75 bits per heavy atom. The molecule has 4 nitrogen and oxygen atoms in total. The number of halogens is 2. The van der Waals surface area contributed by atoms with Crippen molar-refractivity contribution in [3.05, 3.63) is 81.5 Å². The molecule has 0 unspecified atom stereocenters. The van der Waals surface area contributed by atoms with Crippen LogP contribution in [0.5, 0.6) is 0 Å². The summed E-state index contributed by atoms with van der Waals surface area (Å²) in [5.41, 5.74) is 2.66. The molecule has 0 aliphatic carbocycles. The molecule has 0 bridgehead atoms. The van der Waals surface area contributed by atoms with Gasteiger partial charge in [-0.1, -0.05) is 59.1 Å². The van der Waals surface area contributed by atoms with Crippen LogP contribution >= 0.6 is 23.2 Å². The van der Waals surface area contributed by atoms with E-state index in [2.05, 4.69) is 16.5 Å². The molecule has 1 amide bonds. The number of carbonyl (C=O) groups is 1. The Balaban J connectivity index is 1.72. The van der Waals surface area contributed by atoms with E-state index >= 15 is 0 Å². The van der Waals surface area contributed by atoms with E-state index < -0.39 is 0 Å². The monoisotopic (exact) mass is 359 g/mol. The molecule has 6 heteroatoms. The van der Waals surface area contributed by atoms with Crippen LogP contribution in [0.15, 0.2) is 54.7 Å². The predicted octanol–water partition coefficient (Wildman–Crippen LogP) is 4.80. The minimum atomic E-state index is -0.344. The fraction of sp³-hybridized carbons (Fsp3) is 0.111. The third kappa shape index (κ3) is 3.78. The highest BCUT2D eigenvalue weighted by Gasteiger charge is 2.13. The molecule has 0 aliphatic rings. The second kappa shape index (κ2) is 7.07. The number of rotatable bonds is 4. The lowest BCUT2D eigenvalue weighted by molar-refractivity contribution is 0.102. The SMILES string of the molecule is Cc1cccc(Cn2ccc(NC(=O)c3cccc(Cl)c3Cl)n2)c1. The van der Waals surface area contributed by atoms with E-state index in [0.717, 1.165) is 5.56 Å². The molecular formula is C18H15Cl2N3O. The minimum absolute atomic E-state index is 0.232. The Morgan fingerprint density at radius 2 is 1.96 bits per heavy atom. The number of hydrogen-bond acceptors (Lipinski definition) is 2. The first kappa shape index (κ1) is 16.6. The largest absolute Gasteiger partial charge is 0.305 e. The Labute approximate surface area is 150 Å². The summed E-state index contributed by atoms with van der Waals surface area (Å²) in [6, 6.07) is 14.9. The van der Waals surface area contributed by atoms with Gasteiger partial charge in [0.2, 0.25) is 0 Å². The smallest absolute Gasteiger partial charge is 0.258 e. The predicted molar refractivity (Wildman–Crippen MR) is 96.9 cm³/mol. The van der Waals surface area contributed by atoms with Gasteiger partial charge in [-0.3, -0.25) is 9.48 Å². The van der Waals surface area contributed by atoms with Gasteiger partial charge in [-0.15, -0.1) is 0 Å². The van der Waals surface area contributed by atoms with Crippen molar-refractivity contribution < 1.29 is 4.79 Å². The molecule has 0 saturated carbocycles. The van der Waals surface area contributed by atoms with Crippen molar-refractivity contribution in [2.24, 2.45) is 0 Å². The molecule has 0 aliphatic heterocycles. The zero-order valence-corrected chi connectivity index (χ0v) is 14.5. The Hall–Kier alpha value is -2.30. The van der Waals surface area contributed by atoms with Gasteiger partial charge in [-0.25, -0.2) is 0 Å². The highest BCUT2D eigenvalue weighted by atomic mass is 35.5. The minimum Gasteiger partial charge on any atom is -0.305 e. The van der Waals surface area contributed by atoms with Gasteiger partial charge in [0.25, 0.3) is 5.91 Å². The topological polar surface area (TPSA) is 46.9 Å². The lowest BCUT2D eigenvalue weighted by Crippen LogP contribution is -2.13. The maximum absolute atomic E-state index is 12.3. The van der Waals surface area contributed by atoms with E-state index in [-0.39, 0.29) is 10.9 Å². The van der Waals surface area contributed by atoms with Crippen LogP contribution in [0, 0.1) is 6.92 Å². The number of aryl methyl sites for hydroxylation is 1. The van der Waals surface area contributed by atoms with E-state index in [1.807, 2.05) is 31.3 Å². The van der Waals surface area contributed by atoms with Crippen LogP contribution in [0.4, 0.5) is 5.82 Å². The molecule has 0 fully saturated rings. The van der Waals surface area contributed by atoms with Crippen LogP contribution in [-0.4, -0.2) is 15.7 Å². The number of anilines is 1. The zero-order chi connectivity index (χ0) is 17.1. The second-order valence-electron chi connectivity index (χ2n) is 5.44. The van der Waals surface area contributed by atoms with Gasteiger partial charge in [-0.05, 0) is 24.6 Å². The number of aromatic nitrogens is 2. The number of nitrogens with zero attached hydrogens (tertiary/aromatic N) is 2. The standard InChI is InChI=1S/C18H15Cl2N3O/c1-12-4-2-5-13(10-12)11-23-9-8-16(22-23)21-18(24)14-6-3-7-15(19)17(14)20/h2-10H,11H2,1H3,(H,21,22,24). The summed E-state index contributed by atoms with van der Waals surface area (Å²) < 4.78 is 1.77. The van der Waals surface area contributed by atoms with Gasteiger partial charge in [0.15, 0.2) is 5.82 Å². The average molecular weight is 360 g/mol. The van der Waals surface area contributed by atoms with Crippen molar-refractivity contribution in [3.63, 3.8) is 0 Å². The van der Waals surface area contributed by atoms with Gasteiger partial charge in [0, 0.05) is 12.3 Å². The van der Waals surface area contributed by atoms with Gasteiger partial charge in [0.1, 0.15) is 0 Å². The zero-order valence-electron chi connectivity index (χ0n) is 13.0. The van der Waals surface area contributed by atoms with Crippen molar-refractivity contribution >= 4 is 34.9 Å². The van der Waals surface area contributed by atoms with Crippen LogP contribution in [0.2, 0.25) is 10.0 Å². The fourth-order valence-electron chi connectivity index (χ4n) is 2.38. The van der Waals surface area contributed by atoms with Crippen molar-refractivity contribution in [1.29, 1.82) is 0 Å². The van der Waals surface area contributed by atoms with Crippen LogP contribution in [0.25, 0.3) is 0 Å². The Morgan fingerprint density at radius 1 is 1.17 bits per heavy atom. The third-order valence-corrected chi connectivity index (χ3v) is 4.32. The molecule has 24 heavy (non-hydrogen) atoms. The van der Waals surface area contributed by atoms with E-state index in [4.69, 9.17) is 23.2 Å². The summed E-state index contributed by atoms with van der Waals surface area (Å²) >= 11 is 12.0. The molecule has 1 aromatic heterocycles. The number of benzene rings is 2. The molecule has 0 spiro atoms. The van der Waals surface area contributed by atoms with Crippen molar-refractivity contribution in [3.8, 4) is 0 Å². The van der Waals surface area contributed by atoms with Gasteiger partial charge < -0.3 is 5.32 Å². The van der Waals surface area contributed by atoms with E-state index in [1.54, 1.807) is 28.9 Å². The van der Waals surface area contributed by atoms with Crippen LogP contribution in [0.1, 0.15) is 21.5 Å². The first-order valence-corrected chi connectivity index (χ1v) is 8.13. The molecule has 3 rings (SSSR count). The summed E-state index contributed by atoms with van der Waals surface area (Å²) in [5, 5.41) is 7.67. The van der Waals surface area contributed by atoms with Crippen molar-refractivity contribution in [2.75, 3.05) is 5.32 Å². The second-order valence-corrected chi connectivity index (χ2v) is 6.23. The average Bonchev–Trinajstić information content (AvgIpc) is 2.97. The summed E-state index contributed by atoms with van der Waals surface area (Å²) in [6.07, 6.45) is 1.82. The first-order valence-electron chi connectivity index (χ1n) is 7.37. The number of carbonyl (C=O) groups excluding carboxylic acids is 1. The normalized spacial score (nSPS) is 10.6. The lowest BCUT2D eigenvalue weighted by Gasteiger charge is -2.06. The summed E-state index contributed by atoms with van der Waals surface area (Å²) in [5.74, 6) is 0.118. The quantitative estimate of drug-likeness (QED) is 0.727. The van der Waals surface area contributed by atoms with E-state index in [1.165, 1.54) is 5.56 Å². The highest BCUT2D eigenvalue weighted by Crippen LogP contribution is 2.26. The van der Waals surface area contributed by atoms with Gasteiger partial charge >= 0.3 is 0 Å². The van der Waals surface area contributed by atoms with Gasteiger partial charge in [-0.2, -0.15) is 5.10 Å². The van der Waals surface area contributed by atoms with Crippen LogP contribution in [0.3, 0.4) is 0 Å². The van der Waals surface area contributed by atoms with Crippen molar-refractivity contribution in [1.82, 2.24) is 9.78 Å². The molecule has 0 atom stereocenters. The Kier molecular flexibility index (Phi) is 4.88. The molecule has 0 radical (unpaired) electrons. The first-order chi connectivity index (χ1) is 11.5. The number of amides is 1. The lowest BCUT2D eigenvalue weighted by atomic mass is 10.1. The maximum atomic E-state index is 12.3. The van der Waals surface area contributed by atoms with Crippen LogP contribution in [-0.2, 0) is 6.54 Å². The fourth-order valence-corrected chi connectivity index (χ4v) is 2.76. The molecule has 1 heterocycles. The maximum Gasteiger partial charge on any atom is 0.258 e. The number of nitrogens with one attached hydrogen (secondary N) is 1. The summed E-state index contributed by atoms with van der Waals surface area (Å²) in [7, 11) is 0.